The number of hydrogen-bond acceptors (Lipinski definition) is 5. The van der Waals surface area contributed by atoms with E-state index >= 15 is 0 Å². The van der Waals surface area contributed by atoms with Crippen LogP contribution in [0.15, 0.2) is 24.4 Å². The third-order valence-corrected chi connectivity index (χ3v) is 3.17. The minimum atomic E-state index is -5.01. The Morgan fingerprint density at radius 3 is 2.68 bits per heavy atom. The van der Waals surface area contributed by atoms with Crippen molar-refractivity contribution >= 4 is 5.97 Å². The first-order valence-corrected chi connectivity index (χ1v) is 6.85. The highest BCUT2D eigenvalue weighted by atomic mass is 19.4. The van der Waals surface area contributed by atoms with Crippen LogP contribution in [0.5, 0.6) is 11.5 Å². The zero-order chi connectivity index (χ0) is 18.4. The Morgan fingerprint density at radius 1 is 1.32 bits per heavy atom. The number of carbonyl (C=O) groups excluding carboxylic acids is 1. The lowest BCUT2D eigenvalue weighted by molar-refractivity contribution is -0.286. The Labute approximate surface area is 136 Å². The number of halogens is 5. The van der Waals surface area contributed by atoms with Gasteiger partial charge in [-0.2, -0.15) is 18.3 Å². The Bertz CT molecular complexity index is 831. The van der Waals surface area contributed by atoms with Crippen molar-refractivity contribution in [2.75, 3.05) is 6.61 Å². The van der Waals surface area contributed by atoms with Crippen molar-refractivity contribution in [3.63, 3.8) is 0 Å². The maximum atomic E-state index is 13.4. The predicted octanol–water partition coefficient (Wildman–Crippen LogP) is 3.39. The fourth-order valence-electron chi connectivity index (χ4n) is 2.28. The van der Waals surface area contributed by atoms with Gasteiger partial charge in [-0.3, -0.25) is 0 Å². The van der Waals surface area contributed by atoms with E-state index in [0.717, 1.165) is 12.1 Å². The minimum Gasteiger partial charge on any atom is -0.462 e. The van der Waals surface area contributed by atoms with E-state index in [-0.39, 0.29) is 11.3 Å². The molecule has 0 fully saturated rings. The zero-order valence-electron chi connectivity index (χ0n) is 12.4. The molecule has 0 N–H and O–H groups in total. The molecule has 11 heteroatoms. The maximum Gasteiger partial charge on any atom is 0.586 e. The quantitative estimate of drug-likeness (QED) is 0.617. The average molecular weight is 364 g/mol. The van der Waals surface area contributed by atoms with Crippen LogP contribution >= 0.6 is 0 Å². The molecule has 25 heavy (non-hydrogen) atoms. The van der Waals surface area contributed by atoms with Gasteiger partial charge >= 0.3 is 18.4 Å². The number of hydrogen-bond donors (Lipinski definition) is 0. The van der Waals surface area contributed by atoms with Gasteiger partial charge < -0.3 is 14.2 Å². The largest absolute Gasteiger partial charge is 0.586 e. The van der Waals surface area contributed by atoms with Crippen LogP contribution in [0.1, 0.15) is 23.0 Å². The van der Waals surface area contributed by atoms with E-state index in [1.807, 2.05) is 0 Å². The average Bonchev–Trinajstić information content (AvgIpc) is 3.05. The topological polar surface area (TPSA) is 62.6 Å². The molecule has 6 nitrogen and oxygen atoms in total. The molecule has 0 bridgehead atoms. The second kappa shape index (κ2) is 5.60. The molecule has 0 saturated heterocycles. The number of ether oxygens (including phenoxy) is 3. The number of alkyl halides is 5. The molecular formula is C14H9F5N2O4. The van der Waals surface area contributed by atoms with Gasteiger partial charge in [0.05, 0.1) is 12.8 Å². The summed E-state index contributed by atoms with van der Waals surface area (Å²) in [5.41, 5.74) is -2.78. The van der Waals surface area contributed by atoms with Gasteiger partial charge in [0.15, 0.2) is 17.2 Å². The van der Waals surface area contributed by atoms with E-state index in [2.05, 4.69) is 19.3 Å². The van der Waals surface area contributed by atoms with E-state index in [1.54, 1.807) is 0 Å². The van der Waals surface area contributed by atoms with Crippen molar-refractivity contribution in [3.8, 4) is 17.2 Å². The van der Waals surface area contributed by atoms with Gasteiger partial charge in [-0.15, -0.1) is 8.78 Å². The van der Waals surface area contributed by atoms with Gasteiger partial charge in [-0.05, 0) is 19.1 Å². The minimum absolute atomic E-state index is 0.148. The molecule has 2 aromatic rings. The van der Waals surface area contributed by atoms with Crippen molar-refractivity contribution in [3.05, 3.63) is 35.7 Å². The zero-order valence-corrected chi connectivity index (χ0v) is 12.4. The van der Waals surface area contributed by atoms with Gasteiger partial charge in [-0.25, -0.2) is 9.48 Å². The highest BCUT2D eigenvalue weighted by Crippen LogP contribution is 2.46. The van der Waals surface area contributed by atoms with Crippen molar-refractivity contribution < 1.29 is 41.0 Å². The van der Waals surface area contributed by atoms with Gasteiger partial charge in [0, 0.05) is 0 Å². The van der Waals surface area contributed by atoms with Crippen LogP contribution in [0.2, 0.25) is 0 Å². The van der Waals surface area contributed by atoms with Crippen molar-refractivity contribution in [2.45, 2.75) is 19.4 Å². The normalized spacial score (nSPS) is 15.3. The van der Waals surface area contributed by atoms with E-state index < -0.39 is 46.9 Å². The van der Waals surface area contributed by atoms with Crippen LogP contribution < -0.4 is 9.47 Å². The highest BCUT2D eigenvalue weighted by molar-refractivity contribution is 5.91. The molecule has 0 unspecified atom stereocenters. The number of rotatable bonds is 3. The monoisotopic (exact) mass is 364 g/mol. The number of carbonyl (C=O) groups is 1. The van der Waals surface area contributed by atoms with E-state index in [4.69, 9.17) is 0 Å². The van der Waals surface area contributed by atoms with E-state index in [9.17, 15) is 26.7 Å². The van der Waals surface area contributed by atoms with Gasteiger partial charge in [0.2, 0.25) is 0 Å². The van der Waals surface area contributed by atoms with Crippen molar-refractivity contribution in [1.29, 1.82) is 0 Å². The summed E-state index contributed by atoms with van der Waals surface area (Å²) in [4.78, 5) is 11.7. The fraction of sp³-hybridized carbons (Fsp3) is 0.286. The smallest absolute Gasteiger partial charge is 0.462 e. The molecule has 0 spiro atoms. The lowest BCUT2D eigenvalue weighted by Crippen LogP contribution is -2.26. The lowest BCUT2D eigenvalue weighted by atomic mass is 10.2. The Hall–Kier alpha value is -2.85. The predicted molar refractivity (Wildman–Crippen MR) is 70.7 cm³/mol. The molecule has 0 amide bonds. The summed E-state index contributed by atoms with van der Waals surface area (Å²) in [6, 6.07) is 3.36. The van der Waals surface area contributed by atoms with E-state index in [1.165, 1.54) is 13.0 Å². The van der Waals surface area contributed by atoms with Crippen molar-refractivity contribution in [1.82, 2.24) is 9.78 Å². The molecule has 0 aliphatic carbocycles. The molecule has 1 aromatic heterocycles. The van der Waals surface area contributed by atoms with Crippen LogP contribution in [0.25, 0.3) is 5.69 Å². The summed E-state index contributed by atoms with van der Waals surface area (Å²) >= 11 is 0. The molecule has 1 aliphatic rings. The SMILES string of the molecule is CCOC(=O)c1cnn(-c2cccc3c2OC(F)(F)O3)c1C(F)(F)F. The second-order valence-corrected chi connectivity index (χ2v) is 4.81. The first-order valence-electron chi connectivity index (χ1n) is 6.85. The highest BCUT2D eigenvalue weighted by Gasteiger charge is 2.47. The maximum absolute atomic E-state index is 13.4. The summed E-state index contributed by atoms with van der Waals surface area (Å²) in [5.74, 6) is -2.32. The van der Waals surface area contributed by atoms with Gasteiger partial charge in [0.25, 0.3) is 0 Å². The van der Waals surface area contributed by atoms with Crippen LogP contribution in [0.4, 0.5) is 22.0 Å². The number of para-hydroxylation sites is 1. The number of fused-ring (bicyclic) bond motifs is 1. The Morgan fingerprint density at radius 2 is 2.04 bits per heavy atom. The van der Waals surface area contributed by atoms with Gasteiger partial charge in [0.1, 0.15) is 11.3 Å². The molecule has 134 valence electrons. The summed E-state index contributed by atoms with van der Waals surface area (Å²) in [6.07, 6.45) is -8.38. The molecule has 1 aromatic carbocycles. The fourth-order valence-corrected chi connectivity index (χ4v) is 2.28. The molecule has 2 heterocycles. The summed E-state index contributed by atoms with van der Waals surface area (Å²) < 4.78 is 80.1. The summed E-state index contributed by atoms with van der Waals surface area (Å²) in [6.45, 7) is 1.28. The molecular weight excluding hydrogens is 355 g/mol. The summed E-state index contributed by atoms with van der Waals surface area (Å²) in [5, 5.41) is 3.50. The Balaban J connectivity index is 2.18. The molecule has 3 rings (SSSR count). The second-order valence-electron chi connectivity index (χ2n) is 4.81. The number of aromatic nitrogens is 2. The molecule has 0 atom stereocenters. The first-order chi connectivity index (χ1) is 11.6. The summed E-state index contributed by atoms with van der Waals surface area (Å²) in [7, 11) is 0. The number of nitrogens with zero attached hydrogens (tertiary/aromatic N) is 2. The first kappa shape index (κ1) is 17.0. The standard InChI is InChI=1S/C14H9F5N2O4/c1-2-23-12(22)7-6-20-21(11(7)13(15,16)17)8-4-3-5-9-10(8)25-14(18,19)24-9/h3-6H,2H2,1H3. The number of esters is 1. The van der Waals surface area contributed by atoms with Crippen LogP contribution in [0.3, 0.4) is 0 Å². The van der Waals surface area contributed by atoms with Crippen LogP contribution in [-0.2, 0) is 10.9 Å². The van der Waals surface area contributed by atoms with Crippen LogP contribution in [0, 0.1) is 0 Å². The van der Waals surface area contributed by atoms with Crippen molar-refractivity contribution in [2.24, 2.45) is 0 Å². The van der Waals surface area contributed by atoms with E-state index in [0.29, 0.717) is 6.20 Å². The van der Waals surface area contributed by atoms with Crippen LogP contribution in [-0.4, -0.2) is 28.7 Å². The third kappa shape index (κ3) is 2.96. The van der Waals surface area contributed by atoms with Gasteiger partial charge in [-0.1, -0.05) is 6.07 Å². The molecule has 0 radical (unpaired) electrons. The third-order valence-electron chi connectivity index (χ3n) is 3.17. The Kier molecular flexibility index (Phi) is 3.81. The number of benzene rings is 1. The molecule has 0 saturated carbocycles. The lowest BCUT2D eigenvalue weighted by Gasteiger charge is -2.13. The molecule has 1 aliphatic heterocycles.